The normalized spacial score (nSPS) is 23.2. The zero-order valence-electron chi connectivity index (χ0n) is 7.58. The second-order valence-corrected chi connectivity index (χ2v) is 5.52. The van der Waals surface area contributed by atoms with Crippen LogP contribution < -0.4 is 0 Å². The van der Waals surface area contributed by atoms with E-state index in [2.05, 4.69) is 20.4 Å². The van der Waals surface area contributed by atoms with Crippen LogP contribution in [0.4, 0.5) is 0 Å². The minimum Gasteiger partial charge on any atom is -0.208 e. The Morgan fingerprint density at radius 1 is 1.58 bits per heavy atom. The molecule has 0 aromatic carbocycles. The largest absolute Gasteiger partial charge is 0.235 e. The van der Waals surface area contributed by atoms with Gasteiger partial charge in [-0.3, -0.25) is 0 Å². The Balaban J connectivity index is 2.61. The molecule has 0 saturated carbocycles. The summed E-state index contributed by atoms with van der Waals surface area (Å²) in [5.41, 5.74) is 0.191. The van der Waals surface area contributed by atoms with Gasteiger partial charge in [0, 0.05) is 18.5 Å². The summed E-state index contributed by atoms with van der Waals surface area (Å²) in [6.45, 7) is 8.73. The molecule has 70 valence electrons. The van der Waals surface area contributed by atoms with Crippen molar-refractivity contribution in [1.82, 2.24) is 4.31 Å². The van der Waals surface area contributed by atoms with Crippen LogP contribution in [0.15, 0.2) is 12.0 Å². The highest BCUT2D eigenvalue weighted by Crippen LogP contribution is 2.34. The first kappa shape index (κ1) is 9.74. The zero-order valence-corrected chi connectivity index (χ0v) is 8.39. The molecule has 1 fully saturated rings. The average molecular weight is 189 g/mol. The van der Waals surface area contributed by atoms with E-state index in [0.29, 0.717) is 13.1 Å². The van der Waals surface area contributed by atoms with E-state index in [1.807, 2.05) is 0 Å². The van der Waals surface area contributed by atoms with E-state index in [-0.39, 0.29) is 5.41 Å². The summed E-state index contributed by atoms with van der Waals surface area (Å²) < 4.78 is 23.8. The second-order valence-electron chi connectivity index (χ2n) is 3.64. The fourth-order valence-electron chi connectivity index (χ4n) is 1.31. The maximum atomic E-state index is 11.2. The van der Waals surface area contributed by atoms with Crippen molar-refractivity contribution in [3.63, 3.8) is 0 Å². The van der Waals surface area contributed by atoms with E-state index in [9.17, 15) is 8.42 Å². The third-order valence-corrected chi connectivity index (χ3v) is 3.94. The highest BCUT2D eigenvalue weighted by Gasteiger charge is 2.42. The van der Waals surface area contributed by atoms with E-state index >= 15 is 0 Å². The fraction of sp³-hybridized carbons (Fsp3) is 0.750. The van der Waals surface area contributed by atoms with Gasteiger partial charge in [-0.25, -0.2) is 8.42 Å². The smallest absolute Gasteiger partial charge is 0.208 e. The lowest BCUT2D eigenvalue weighted by Crippen LogP contribution is -2.55. The SMILES string of the molecule is C=CS(=O)(=O)N1CC(C)(CC)C1. The van der Waals surface area contributed by atoms with Gasteiger partial charge in [-0.05, 0) is 11.8 Å². The van der Waals surface area contributed by atoms with Gasteiger partial charge in [0.15, 0.2) is 0 Å². The van der Waals surface area contributed by atoms with Gasteiger partial charge in [0.1, 0.15) is 0 Å². The van der Waals surface area contributed by atoms with Crippen molar-refractivity contribution in [2.75, 3.05) is 13.1 Å². The lowest BCUT2D eigenvalue weighted by Gasteiger charge is -2.46. The Labute approximate surface area is 74.1 Å². The van der Waals surface area contributed by atoms with Crippen LogP contribution in [0, 0.1) is 5.41 Å². The molecule has 0 aromatic heterocycles. The average Bonchev–Trinajstić information content (AvgIpc) is 1.98. The number of rotatable bonds is 3. The molecule has 0 amide bonds. The third kappa shape index (κ3) is 1.54. The molecule has 1 heterocycles. The van der Waals surface area contributed by atoms with E-state index in [4.69, 9.17) is 0 Å². The summed E-state index contributed by atoms with van der Waals surface area (Å²) in [5.74, 6) is 0. The Hall–Kier alpha value is -0.350. The third-order valence-electron chi connectivity index (χ3n) is 2.54. The molecule has 0 N–H and O–H groups in total. The summed E-state index contributed by atoms with van der Waals surface area (Å²) in [6.07, 6.45) is 1.02. The predicted molar refractivity (Wildman–Crippen MR) is 49.1 cm³/mol. The van der Waals surface area contributed by atoms with Gasteiger partial charge in [-0.1, -0.05) is 20.4 Å². The Kier molecular flexibility index (Phi) is 2.31. The summed E-state index contributed by atoms with van der Waals surface area (Å²) in [5, 5.41) is 1.02. The highest BCUT2D eigenvalue weighted by atomic mass is 32.2. The van der Waals surface area contributed by atoms with Crippen LogP contribution in [0.3, 0.4) is 0 Å². The molecular formula is C8H15NO2S. The van der Waals surface area contributed by atoms with Crippen molar-refractivity contribution < 1.29 is 8.42 Å². The van der Waals surface area contributed by atoms with E-state index in [1.54, 1.807) is 0 Å². The molecule has 12 heavy (non-hydrogen) atoms. The lowest BCUT2D eigenvalue weighted by atomic mass is 9.82. The first-order chi connectivity index (χ1) is 5.43. The number of sulfonamides is 1. The van der Waals surface area contributed by atoms with Crippen molar-refractivity contribution in [2.45, 2.75) is 20.3 Å². The molecule has 0 atom stereocenters. The maximum absolute atomic E-state index is 11.2. The van der Waals surface area contributed by atoms with Gasteiger partial charge in [-0.15, -0.1) is 0 Å². The number of hydrogen-bond acceptors (Lipinski definition) is 2. The summed E-state index contributed by atoms with van der Waals surface area (Å²) in [6, 6.07) is 0. The van der Waals surface area contributed by atoms with Gasteiger partial charge in [0.25, 0.3) is 0 Å². The number of hydrogen-bond donors (Lipinski definition) is 0. The van der Waals surface area contributed by atoms with E-state index < -0.39 is 10.0 Å². The molecule has 0 aliphatic carbocycles. The molecule has 1 rings (SSSR count). The van der Waals surface area contributed by atoms with Gasteiger partial charge in [0.2, 0.25) is 10.0 Å². The minimum absolute atomic E-state index is 0.191. The molecular weight excluding hydrogens is 174 g/mol. The molecule has 0 unspecified atom stereocenters. The summed E-state index contributed by atoms with van der Waals surface area (Å²) in [7, 11) is -3.15. The van der Waals surface area contributed by atoms with Gasteiger partial charge < -0.3 is 0 Å². The molecule has 0 spiro atoms. The molecule has 0 radical (unpaired) electrons. The monoisotopic (exact) mass is 189 g/mol. The van der Waals surface area contributed by atoms with Crippen LogP contribution in [-0.4, -0.2) is 25.8 Å². The van der Waals surface area contributed by atoms with Crippen LogP contribution in [0.25, 0.3) is 0 Å². The fourth-order valence-corrected chi connectivity index (χ4v) is 2.51. The quantitative estimate of drug-likeness (QED) is 0.669. The van der Waals surface area contributed by atoms with Crippen LogP contribution in [0.2, 0.25) is 0 Å². The summed E-state index contributed by atoms with van der Waals surface area (Å²) in [4.78, 5) is 0. The summed E-state index contributed by atoms with van der Waals surface area (Å²) >= 11 is 0. The second kappa shape index (κ2) is 2.85. The van der Waals surface area contributed by atoms with E-state index in [0.717, 1.165) is 11.8 Å². The van der Waals surface area contributed by atoms with Crippen molar-refractivity contribution in [3.8, 4) is 0 Å². The van der Waals surface area contributed by atoms with Crippen LogP contribution >= 0.6 is 0 Å². The van der Waals surface area contributed by atoms with E-state index in [1.165, 1.54) is 4.31 Å². The molecule has 4 heteroatoms. The minimum atomic E-state index is -3.15. The topological polar surface area (TPSA) is 37.4 Å². The Morgan fingerprint density at radius 3 is 2.42 bits per heavy atom. The highest BCUT2D eigenvalue weighted by molar-refractivity contribution is 7.92. The van der Waals surface area contributed by atoms with Gasteiger partial charge in [0.05, 0.1) is 0 Å². The number of nitrogens with zero attached hydrogens (tertiary/aromatic N) is 1. The van der Waals surface area contributed by atoms with Gasteiger partial charge >= 0.3 is 0 Å². The molecule has 3 nitrogen and oxygen atoms in total. The van der Waals surface area contributed by atoms with Crippen molar-refractivity contribution >= 4 is 10.0 Å². The van der Waals surface area contributed by atoms with Crippen molar-refractivity contribution in [2.24, 2.45) is 5.41 Å². The van der Waals surface area contributed by atoms with Gasteiger partial charge in [-0.2, -0.15) is 4.31 Å². The molecule has 0 bridgehead atoms. The first-order valence-corrected chi connectivity index (χ1v) is 5.56. The van der Waals surface area contributed by atoms with Crippen LogP contribution in [-0.2, 0) is 10.0 Å². The first-order valence-electron chi connectivity index (χ1n) is 4.06. The Morgan fingerprint density at radius 2 is 2.08 bits per heavy atom. The van der Waals surface area contributed by atoms with Crippen LogP contribution in [0.1, 0.15) is 20.3 Å². The van der Waals surface area contributed by atoms with Crippen molar-refractivity contribution in [1.29, 1.82) is 0 Å². The standard InChI is InChI=1S/C8H15NO2S/c1-4-8(3)6-9(7-8)12(10,11)5-2/h5H,2,4,6-7H2,1,3H3. The Bertz CT molecular complexity index is 275. The predicted octanol–water partition coefficient (Wildman–Crippen LogP) is 1.19. The molecule has 0 aromatic rings. The van der Waals surface area contributed by atoms with Crippen molar-refractivity contribution in [3.05, 3.63) is 12.0 Å². The lowest BCUT2D eigenvalue weighted by molar-refractivity contribution is 0.0874. The molecule has 1 saturated heterocycles. The maximum Gasteiger partial charge on any atom is 0.235 e. The molecule has 1 aliphatic heterocycles. The van der Waals surface area contributed by atoms with Crippen LogP contribution in [0.5, 0.6) is 0 Å². The zero-order chi connectivity index (χ0) is 9.41. The molecule has 1 aliphatic rings.